The van der Waals surface area contributed by atoms with Crippen LogP contribution in [0.2, 0.25) is 0 Å². The molecule has 7 heteroatoms. The Balaban J connectivity index is 1.47. The summed E-state index contributed by atoms with van der Waals surface area (Å²) >= 11 is 5.28. The number of hydrogen-bond donors (Lipinski definition) is 1. The first-order valence-electron chi connectivity index (χ1n) is 9.19. The second-order valence-electron chi connectivity index (χ2n) is 6.98. The second-order valence-corrected chi connectivity index (χ2v) is 9.52. The topological polar surface area (TPSA) is 35.6 Å². The van der Waals surface area contributed by atoms with Crippen LogP contribution in [0.15, 0.2) is 40.2 Å². The molecule has 1 N–H and O–H groups in total. The van der Waals surface area contributed by atoms with Gasteiger partial charge in [0, 0.05) is 37.6 Å². The molecule has 2 heterocycles. The van der Waals surface area contributed by atoms with E-state index in [1.807, 2.05) is 13.8 Å². The number of piperazine rings is 1. The van der Waals surface area contributed by atoms with Gasteiger partial charge in [0.05, 0.1) is 15.9 Å². The van der Waals surface area contributed by atoms with Gasteiger partial charge < -0.3 is 5.32 Å². The van der Waals surface area contributed by atoms with Crippen LogP contribution in [0, 0.1) is 5.82 Å². The number of benzene rings is 1. The van der Waals surface area contributed by atoms with Gasteiger partial charge >= 0.3 is 0 Å². The number of hydrogen-bond acceptors (Lipinski definition) is 4. The highest BCUT2D eigenvalue weighted by atomic mass is 79.9. The number of rotatable bonds is 6. The van der Waals surface area contributed by atoms with Crippen LogP contribution in [0.3, 0.4) is 0 Å². The Hall–Kier alpha value is -1.28. The third kappa shape index (κ3) is 5.60. The van der Waals surface area contributed by atoms with Gasteiger partial charge in [-0.1, -0.05) is 12.1 Å². The first-order chi connectivity index (χ1) is 12.9. The Morgan fingerprint density at radius 2 is 1.81 bits per heavy atom. The first-order valence-corrected chi connectivity index (χ1v) is 10.8. The normalized spacial score (nSPS) is 18.2. The van der Waals surface area contributed by atoms with Crippen molar-refractivity contribution in [3.8, 4) is 0 Å². The maximum Gasteiger partial charge on any atom is 0.237 e. The summed E-state index contributed by atoms with van der Waals surface area (Å²) < 4.78 is 14.2. The van der Waals surface area contributed by atoms with Gasteiger partial charge in [-0.25, -0.2) is 4.39 Å². The summed E-state index contributed by atoms with van der Waals surface area (Å²) in [4.78, 5) is 18.6. The molecule has 1 saturated heterocycles. The number of amides is 1. The zero-order valence-electron chi connectivity index (χ0n) is 15.6. The maximum absolute atomic E-state index is 13.1. The lowest BCUT2D eigenvalue weighted by Crippen LogP contribution is -2.53. The van der Waals surface area contributed by atoms with Crippen molar-refractivity contribution in [2.75, 3.05) is 26.2 Å². The molecule has 1 amide bonds. The minimum atomic E-state index is -0.265. The summed E-state index contributed by atoms with van der Waals surface area (Å²) in [5.41, 5.74) is 0.906. The molecule has 27 heavy (non-hydrogen) atoms. The molecule has 4 nitrogen and oxygen atoms in total. The Bertz CT molecular complexity index is 759. The van der Waals surface area contributed by atoms with Crippen molar-refractivity contribution in [2.24, 2.45) is 0 Å². The van der Waals surface area contributed by atoms with Crippen molar-refractivity contribution < 1.29 is 9.18 Å². The molecule has 0 bridgehead atoms. The molecule has 0 radical (unpaired) electrons. The van der Waals surface area contributed by atoms with Gasteiger partial charge in [-0.05, 0) is 59.6 Å². The van der Waals surface area contributed by atoms with Crippen molar-refractivity contribution in [1.29, 1.82) is 0 Å². The molecule has 0 spiro atoms. The Morgan fingerprint density at radius 1 is 1.15 bits per heavy atom. The fourth-order valence-electron chi connectivity index (χ4n) is 3.30. The number of halogens is 2. The second kappa shape index (κ2) is 9.28. The fraction of sp³-hybridized carbons (Fsp3) is 0.450. The number of carbonyl (C=O) groups excluding carboxylic acids is 1. The highest BCUT2D eigenvalue weighted by Gasteiger charge is 2.26. The molecule has 0 saturated carbocycles. The molecule has 1 aromatic heterocycles. The Morgan fingerprint density at radius 3 is 2.41 bits per heavy atom. The molecule has 1 fully saturated rings. The van der Waals surface area contributed by atoms with E-state index in [-0.39, 0.29) is 23.8 Å². The number of carbonyl (C=O) groups is 1. The standard InChI is InChI=1S/C20H25BrFN3OS/c1-14(16-3-5-17(22)6-4-16)23-20(26)15(2)25-11-9-24(10-12-25)13-18-7-8-19(21)27-18/h3-8,14-15H,9-13H2,1-2H3,(H,23,26)/t14-,15+/m0/s1. The summed E-state index contributed by atoms with van der Waals surface area (Å²) in [7, 11) is 0. The highest BCUT2D eigenvalue weighted by Crippen LogP contribution is 2.24. The van der Waals surface area contributed by atoms with Crippen LogP contribution < -0.4 is 5.32 Å². The zero-order chi connectivity index (χ0) is 19.4. The molecule has 2 aromatic rings. The number of nitrogens with zero attached hydrogens (tertiary/aromatic N) is 2. The van der Waals surface area contributed by atoms with Gasteiger partial charge in [0.2, 0.25) is 5.91 Å². The SMILES string of the molecule is C[C@H](NC(=O)[C@@H](C)N1CCN(Cc2ccc(Br)s2)CC1)c1ccc(F)cc1. The first kappa shape index (κ1) is 20.5. The van der Waals surface area contributed by atoms with E-state index in [0.29, 0.717) is 0 Å². The third-order valence-electron chi connectivity index (χ3n) is 5.07. The van der Waals surface area contributed by atoms with Gasteiger partial charge in [0.25, 0.3) is 0 Å². The predicted octanol–water partition coefficient (Wildman–Crippen LogP) is 4.03. The molecule has 0 aliphatic carbocycles. The van der Waals surface area contributed by atoms with E-state index in [9.17, 15) is 9.18 Å². The minimum Gasteiger partial charge on any atom is -0.348 e. The van der Waals surface area contributed by atoms with Crippen LogP contribution in [0.4, 0.5) is 4.39 Å². The van der Waals surface area contributed by atoms with E-state index >= 15 is 0 Å². The molecular formula is C20H25BrFN3OS. The van der Waals surface area contributed by atoms with Gasteiger partial charge in [0.1, 0.15) is 5.82 Å². The van der Waals surface area contributed by atoms with Crippen LogP contribution in [-0.2, 0) is 11.3 Å². The van der Waals surface area contributed by atoms with E-state index in [2.05, 4.69) is 43.2 Å². The van der Waals surface area contributed by atoms with Crippen molar-refractivity contribution in [3.05, 3.63) is 56.4 Å². The van der Waals surface area contributed by atoms with Gasteiger partial charge in [-0.3, -0.25) is 14.6 Å². The number of nitrogens with one attached hydrogen (secondary N) is 1. The molecule has 146 valence electrons. The lowest BCUT2D eigenvalue weighted by atomic mass is 10.1. The van der Waals surface area contributed by atoms with E-state index < -0.39 is 0 Å². The summed E-state index contributed by atoms with van der Waals surface area (Å²) in [6.45, 7) is 8.53. The molecular weight excluding hydrogens is 429 g/mol. The van der Waals surface area contributed by atoms with E-state index in [1.165, 1.54) is 17.0 Å². The fourth-order valence-corrected chi connectivity index (χ4v) is 4.83. The zero-order valence-corrected chi connectivity index (χ0v) is 18.0. The minimum absolute atomic E-state index is 0.0162. The van der Waals surface area contributed by atoms with Crippen molar-refractivity contribution in [3.63, 3.8) is 0 Å². The molecule has 3 rings (SSSR count). The lowest BCUT2D eigenvalue weighted by Gasteiger charge is -2.37. The lowest BCUT2D eigenvalue weighted by molar-refractivity contribution is -0.127. The quantitative estimate of drug-likeness (QED) is 0.716. The highest BCUT2D eigenvalue weighted by molar-refractivity contribution is 9.11. The average molecular weight is 454 g/mol. The van der Waals surface area contributed by atoms with Gasteiger partial charge in [-0.15, -0.1) is 11.3 Å². The molecule has 1 aliphatic heterocycles. The summed E-state index contributed by atoms with van der Waals surface area (Å²) in [6, 6.07) is 10.2. The molecule has 2 atom stereocenters. The Labute approximate surface area is 172 Å². The molecule has 0 unspecified atom stereocenters. The van der Waals surface area contributed by atoms with Crippen molar-refractivity contribution >= 4 is 33.2 Å². The van der Waals surface area contributed by atoms with E-state index in [4.69, 9.17) is 0 Å². The van der Waals surface area contributed by atoms with Gasteiger partial charge in [-0.2, -0.15) is 0 Å². The third-order valence-corrected chi connectivity index (χ3v) is 6.68. The van der Waals surface area contributed by atoms with Crippen molar-refractivity contribution in [1.82, 2.24) is 15.1 Å². The maximum atomic E-state index is 13.1. The van der Waals surface area contributed by atoms with Crippen LogP contribution in [-0.4, -0.2) is 47.9 Å². The predicted molar refractivity (Wildman–Crippen MR) is 111 cm³/mol. The summed E-state index contributed by atoms with van der Waals surface area (Å²) in [5.74, 6) is -0.249. The monoisotopic (exact) mass is 453 g/mol. The Kier molecular flexibility index (Phi) is 7.03. The number of thiophene rings is 1. The van der Waals surface area contributed by atoms with Crippen LogP contribution in [0.5, 0.6) is 0 Å². The van der Waals surface area contributed by atoms with Crippen LogP contribution >= 0.6 is 27.3 Å². The van der Waals surface area contributed by atoms with E-state index in [1.54, 1.807) is 23.5 Å². The molecule has 1 aromatic carbocycles. The average Bonchev–Trinajstić information content (AvgIpc) is 3.07. The van der Waals surface area contributed by atoms with Gasteiger partial charge in [0.15, 0.2) is 0 Å². The summed E-state index contributed by atoms with van der Waals surface area (Å²) in [5, 5.41) is 3.05. The largest absolute Gasteiger partial charge is 0.348 e. The van der Waals surface area contributed by atoms with Crippen LogP contribution in [0.1, 0.15) is 30.3 Å². The summed E-state index contributed by atoms with van der Waals surface area (Å²) in [6.07, 6.45) is 0. The van der Waals surface area contributed by atoms with Crippen molar-refractivity contribution in [2.45, 2.75) is 32.5 Å². The molecule has 1 aliphatic rings. The van der Waals surface area contributed by atoms with E-state index in [0.717, 1.165) is 42.1 Å². The van der Waals surface area contributed by atoms with Crippen LogP contribution in [0.25, 0.3) is 0 Å². The smallest absolute Gasteiger partial charge is 0.237 e.